The molecule has 5 rings (SSSR count). The van der Waals surface area contributed by atoms with Gasteiger partial charge < -0.3 is 30.3 Å². The first-order chi connectivity index (χ1) is 18.8. The molecule has 0 bridgehead atoms. The molecule has 0 radical (unpaired) electrons. The standard InChI is InChI=1S/C30H30N4O5/c1-18-16-34(17-19(2)31-18)29(36)21-9-11-22(12-10-21)32-27(20-7-5-4-6-8-20)26-24-14-13-23(39-30(37)38-3)15-25(24)33-28(26)35/h4-15,18-19,31-32H,16-17H2,1-3H3,(H,33,35)/b27-26-/t18-,19+. The Balaban J connectivity index is 1.45. The summed E-state index contributed by atoms with van der Waals surface area (Å²) in [5, 5.41) is 9.71. The van der Waals surface area contributed by atoms with Gasteiger partial charge in [0, 0.05) is 48.1 Å². The number of carbonyl (C=O) groups excluding carboxylic acids is 3. The van der Waals surface area contributed by atoms with E-state index in [0.717, 1.165) is 11.3 Å². The van der Waals surface area contributed by atoms with Crippen LogP contribution < -0.4 is 20.7 Å². The van der Waals surface area contributed by atoms with E-state index in [-0.39, 0.29) is 29.6 Å². The van der Waals surface area contributed by atoms with Gasteiger partial charge in [0.05, 0.1) is 24.1 Å². The maximum Gasteiger partial charge on any atom is 0.513 e. The third-order valence-corrected chi connectivity index (χ3v) is 6.66. The topological polar surface area (TPSA) is 109 Å². The summed E-state index contributed by atoms with van der Waals surface area (Å²) in [4.78, 5) is 39.7. The van der Waals surface area contributed by atoms with Crippen molar-refractivity contribution in [3.63, 3.8) is 0 Å². The summed E-state index contributed by atoms with van der Waals surface area (Å²) in [5.74, 6) is -0.0392. The van der Waals surface area contributed by atoms with Crippen molar-refractivity contribution in [3.8, 4) is 5.75 Å². The maximum atomic E-state index is 13.2. The Labute approximate surface area is 226 Å². The molecule has 2 aliphatic rings. The van der Waals surface area contributed by atoms with Crippen LogP contribution in [0.5, 0.6) is 5.75 Å². The van der Waals surface area contributed by atoms with Crippen LogP contribution in [0.15, 0.2) is 72.8 Å². The van der Waals surface area contributed by atoms with Gasteiger partial charge in [-0.05, 0) is 55.8 Å². The lowest BCUT2D eigenvalue weighted by Crippen LogP contribution is -2.55. The summed E-state index contributed by atoms with van der Waals surface area (Å²) in [6, 6.07) is 22.2. The van der Waals surface area contributed by atoms with E-state index in [1.165, 1.54) is 7.11 Å². The van der Waals surface area contributed by atoms with E-state index in [9.17, 15) is 14.4 Å². The number of carbonyl (C=O) groups is 3. The van der Waals surface area contributed by atoms with Gasteiger partial charge >= 0.3 is 6.16 Å². The predicted octanol–water partition coefficient (Wildman–Crippen LogP) is 4.59. The Bertz CT molecular complexity index is 1430. The van der Waals surface area contributed by atoms with Crippen molar-refractivity contribution in [2.75, 3.05) is 30.8 Å². The molecule has 1 saturated heterocycles. The number of hydrogen-bond acceptors (Lipinski definition) is 7. The summed E-state index contributed by atoms with van der Waals surface area (Å²) >= 11 is 0. The average molecular weight is 527 g/mol. The zero-order chi connectivity index (χ0) is 27.5. The zero-order valence-corrected chi connectivity index (χ0v) is 22.0. The second kappa shape index (κ2) is 11.0. The van der Waals surface area contributed by atoms with E-state index in [1.54, 1.807) is 30.3 Å². The number of piperazine rings is 1. The van der Waals surface area contributed by atoms with Crippen molar-refractivity contribution in [3.05, 3.63) is 89.5 Å². The Kier molecular flexibility index (Phi) is 7.33. The SMILES string of the molecule is COC(=O)Oc1ccc2c(c1)NC(=O)/C2=C(\Nc1ccc(C(=O)N2C[C@@H](C)N[C@@H](C)C2)cc1)c1ccccc1. The highest BCUT2D eigenvalue weighted by Crippen LogP contribution is 2.39. The molecule has 0 spiro atoms. The molecule has 9 nitrogen and oxygen atoms in total. The van der Waals surface area contributed by atoms with E-state index in [0.29, 0.717) is 41.2 Å². The monoisotopic (exact) mass is 526 g/mol. The van der Waals surface area contributed by atoms with Gasteiger partial charge in [0.1, 0.15) is 5.75 Å². The van der Waals surface area contributed by atoms with Gasteiger partial charge in [-0.1, -0.05) is 30.3 Å². The number of benzene rings is 3. The number of hydrogen-bond donors (Lipinski definition) is 3. The van der Waals surface area contributed by atoms with E-state index >= 15 is 0 Å². The molecule has 1 fully saturated rings. The van der Waals surface area contributed by atoms with Crippen molar-refractivity contribution < 1.29 is 23.9 Å². The number of rotatable bonds is 5. The van der Waals surface area contributed by atoms with Gasteiger partial charge in [-0.15, -0.1) is 0 Å². The van der Waals surface area contributed by atoms with Crippen molar-refractivity contribution >= 4 is 40.6 Å². The molecule has 0 aromatic heterocycles. The summed E-state index contributed by atoms with van der Waals surface area (Å²) in [6.45, 7) is 5.47. The lowest BCUT2D eigenvalue weighted by atomic mass is 10.00. The molecular formula is C30H30N4O5. The lowest BCUT2D eigenvalue weighted by Gasteiger charge is -2.36. The Morgan fingerprint density at radius 1 is 0.923 bits per heavy atom. The minimum Gasteiger partial charge on any atom is -0.437 e. The Morgan fingerprint density at radius 3 is 2.28 bits per heavy atom. The fourth-order valence-corrected chi connectivity index (χ4v) is 5.00. The van der Waals surface area contributed by atoms with Crippen LogP contribution in [0.2, 0.25) is 0 Å². The van der Waals surface area contributed by atoms with Gasteiger partial charge in [-0.25, -0.2) is 4.79 Å². The third kappa shape index (κ3) is 5.63. The molecule has 0 aliphatic carbocycles. The summed E-state index contributed by atoms with van der Waals surface area (Å²) < 4.78 is 9.66. The lowest BCUT2D eigenvalue weighted by molar-refractivity contribution is -0.110. The number of anilines is 2. The number of fused-ring (bicyclic) bond motifs is 1. The van der Waals surface area contributed by atoms with Crippen LogP contribution in [-0.4, -0.2) is 55.2 Å². The minimum absolute atomic E-state index is 0.00235. The molecule has 3 N–H and O–H groups in total. The van der Waals surface area contributed by atoms with Gasteiger partial charge in [0.25, 0.3) is 11.8 Å². The molecule has 9 heteroatoms. The van der Waals surface area contributed by atoms with Crippen LogP contribution in [-0.2, 0) is 9.53 Å². The van der Waals surface area contributed by atoms with Crippen LogP contribution in [0.3, 0.4) is 0 Å². The number of ether oxygens (including phenoxy) is 2. The van der Waals surface area contributed by atoms with Gasteiger partial charge in [0.15, 0.2) is 0 Å². The van der Waals surface area contributed by atoms with E-state index in [2.05, 4.69) is 34.5 Å². The van der Waals surface area contributed by atoms with Crippen LogP contribution in [0.4, 0.5) is 16.2 Å². The first kappa shape index (κ1) is 26.0. The highest BCUT2D eigenvalue weighted by molar-refractivity contribution is 6.37. The largest absolute Gasteiger partial charge is 0.513 e. The fraction of sp³-hybridized carbons (Fsp3) is 0.233. The van der Waals surface area contributed by atoms with E-state index in [1.807, 2.05) is 47.4 Å². The number of methoxy groups -OCH3 is 1. The third-order valence-electron chi connectivity index (χ3n) is 6.66. The number of amides is 2. The maximum absolute atomic E-state index is 13.2. The highest BCUT2D eigenvalue weighted by atomic mass is 16.7. The first-order valence-corrected chi connectivity index (χ1v) is 12.8. The van der Waals surface area contributed by atoms with Crippen LogP contribution >= 0.6 is 0 Å². The minimum atomic E-state index is -0.843. The Morgan fingerprint density at radius 2 is 1.62 bits per heavy atom. The molecule has 0 saturated carbocycles. The second-order valence-corrected chi connectivity index (χ2v) is 9.71. The summed E-state index contributed by atoms with van der Waals surface area (Å²) in [5.41, 5.74) is 4.39. The first-order valence-electron chi connectivity index (χ1n) is 12.8. The molecule has 3 aromatic rings. The molecular weight excluding hydrogens is 496 g/mol. The van der Waals surface area contributed by atoms with E-state index in [4.69, 9.17) is 4.74 Å². The second-order valence-electron chi connectivity index (χ2n) is 9.71. The number of nitrogens with zero attached hydrogens (tertiary/aromatic N) is 1. The normalized spacial score (nSPS) is 19.6. The van der Waals surface area contributed by atoms with Crippen LogP contribution in [0, 0.1) is 0 Å². The molecule has 2 aliphatic heterocycles. The Hall–Kier alpha value is -4.63. The van der Waals surface area contributed by atoms with Crippen LogP contribution in [0.25, 0.3) is 11.3 Å². The molecule has 2 amide bonds. The molecule has 2 atom stereocenters. The molecule has 2 heterocycles. The molecule has 3 aromatic carbocycles. The van der Waals surface area contributed by atoms with Crippen molar-refractivity contribution in [2.45, 2.75) is 25.9 Å². The molecule has 200 valence electrons. The quantitative estimate of drug-likeness (QED) is 0.254. The number of nitrogens with one attached hydrogen (secondary N) is 3. The van der Waals surface area contributed by atoms with E-state index < -0.39 is 6.16 Å². The van der Waals surface area contributed by atoms with Crippen molar-refractivity contribution in [1.29, 1.82) is 0 Å². The summed E-state index contributed by atoms with van der Waals surface area (Å²) in [7, 11) is 1.23. The average Bonchev–Trinajstić information content (AvgIpc) is 3.26. The van der Waals surface area contributed by atoms with Crippen LogP contribution in [0.1, 0.15) is 35.3 Å². The zero-order valence-electron chi connectivity index (χ0n) is 22.0. The smallest absolute Gasteiger partial charge is 0.437 e. The van der Waals surface area contributed by atoms with Gasteiger partial charge in [-0.2, -0.15) is 0 Å². The fourth-order valence-electron chi connectivity index (χ4n) is 5.00. The molecule has 0 unspecified atom stereocenters. The van der Waals surface area contributed by atoms with Crippen molar-refractivity contribution in [1.82, 2.24) is 10.2 Å². The van der Waals surface area contributed by atoms with Gasteiger partial charge in [0.2, 0.25) is 0 Å². The highest BCUT2D eigenvalue weighted by Gasteiger charge is 2.29. The predicted molar refractivity (Wildman–Crippen MR) is 149 cm³/mol. The summed E-state index contributed by atoms with van der Waals surface area (Å²) in [6.07, 6.45) is -0.843. The van der Waals surface area contributed by atoms with Crippen molar-refractivity contribution in [2.24, 2.45) is 0 Å². The molecule has 39 heavy (non-hydrogen) atoms. The van der Waals surface area contributed by atoms with Gasteiger partial charge in [-0.3, -0.25) is 9.59 Å².